The van der Waals surface area contributed by atoms with Gasteiger partial charge in [0.1, 0.15) is 0 Å². The molecule has 1 aromatic rings. The maximum absolute atomic E-state index is 12.9. The number of likely N-dealkylation sites (N-methyl/N-ethyl adjacent to an activating group) is 1. The predicted octanol–water partition coefficient (Wildman–Crippen LogP) is 2.98. The standard InChI is InChI=1S/C16H24BrN3O/c1-19(2)9-10-20(13-5-3-4-6-13)16(21)14-8-7-12(17)11-15(14)18/h7-8,11,13H,3-6,9-10,18H2,1-2H3. The van der Waals surface area contributed by atoms with Gasteiger partial charge in [-0.15, -0.1) is 0 Å². The molecule has 0 atom stereocenters. The number of nitrogen functional groups attached to an aromatic ring is 1. The molecule has 1 aliphatic carbocycles. The Morgan fingerprint density at radius 1 is 1.29 bits per heavy atom. The van der Waals surface area contributed by atoms with Crippen molar-refractivity contribution in [2.45, 2.75) is 31.7 Å². The van der Waals surface area contributed by atoms with Crippen LogP contribution in [-0.4, -0.2) is 48.9 Å². The molecule has 116 valence electrons. The number of carbonyl (C=O) groups excluding carboxylic acids is 1. The molecular weight excluding hydrogens is 330 g/mol. The molecule has 1 aliphatic rings. The van der Waals surface area contributed by atoms with Crippen molar-refractivity contribution in [2.24, 2.45) is 0 Å². The van der Waals surface area contributed by atoms with Crippen molar-refractivity contribution in [3.05, 3.63) is 28.2 Å². The van der Waals surface area contributed by atoms with E-state index in [4.69, 9.17) is 5.73 Å². The van der Waals surface area contributed by atoms with Gasteiger partial charge in [0.15, 0.2) is 0 Å². The predicted molar refractivity (Wildman–Crippen MR) is 90.4 cm³/mol. The molecule has 0 saturated heterocycles. The second-order valence-electron chi connectivity index (χ2n) is 5.97. The van der Waals surface area contributed by atoms with Crippen LogP contribution in [0.15, 0.2) is 22.7 Å². The highest BCUT2D eigenvalue weighted by molar-refractivity contribution is 9.10. The summed E-state index contributed by atoms with van der Waals surface area (Å²) < 4.78 is 0.900. The van der Waals surface area contributed by atoms with Crippen molar-refractivity contribution in [1.82, 2.24) is 9.80 Å². The number of amides is 1. The monoisotopic (exact) mass is 353 g/mol. The van der Waals surface area contributed by atoms with E-state index in [1.165, 1.54) is 12.8 Å². The number of benzene rings is 1. The van der Waals surface area contributed by atoms with E-state index in [0.717, 1.165) is 30.4 Å². The number of carbonyl (C=O) groups is 1. The largest absolute Gasteiger partial charge is 0.398 e. The molecule has 1 saturated carbocycles. The Hall–Kier alpha value is -1.07. The Balaban J connectivity index is 2.19. The highest BCUT2D eigenvalue weighted by Crippen LogP contribution is 2.27. The highest BCUT2D eigenvalue weighted by atomic mass is 79.9. The lowest BCUT2D eigenvalue weighted by Gasteiger charge is -2.30. The molecule has 0 heterocycles. The van der Waals surface area contributed by atoms with Gasteiger partial charge in [0.25, 0.3) is 5.91 Å². The molecule has 4 nitrogen and oxygen atoms in total. The fourth-order valence-electron chi connectivity index (χ4n) is 2.86. The minimum absolute atomic E-state index is 0.0637. The van der Waals surface area contributed by atoms with Crippen LogP contribution in [0, 0.1) is 0 Å². The molecule has 2 N–H and O–H groups in total. The van der Waals surface area contributed by atoms with E-state index >= 15 is 0 Å². The molecule has 0 unspecified atom stereocenters. The number of hydrogen-bond acceptors (Lipinski definition) is 3. The molecule has 21 heavy (non-hydrogen) atoms. The van der Waals surface area contributed by atoms with Gasteiger partial charge in [-0.2, -0.15) is 0 Å². The van der Waals surface area contributed by atoms with Gasteiger partial charge in [0, 0.05) is 29.3 Å². The fraction of sp³-hybridized carbons (Fsp3) is 0.562. The second-order valence-corrected chi connectivity index (χ2v) is 6.89. The summed E-state index contributed by atoms with van der Waals surface area (Å²) >= 11 is 3.39. The quantitative estimate of drug-likeness (QED) is 0.827. The molecule has 1 aromatic carbocycles. The van der Waals surface area contributed by atoms with Gasteiger partial charge in [0.2, 0.25) is 0 Å². The molecule has 1 amide bonds. The molecule has 0 aromatic heterocycles. The number of halogens is 1. The Morgan fingerprint density at radius 2 is 1.95 bits per heavy atom. The summed E-state index contributed by atoms with van der Waals surface area (Å²) in [5.74, 6) is 0.0637. The molecule has 0 bridgehead atoms. The van der Waals surface area contributed by atoms with Crippen LogP contribution in [0.2, 0.25) is 0 Å². The Kier molecular flexibility index (Phi) is 5.65. The van der Waals surface area contributed by atoms with Gasteiger partial charge in [0.05, 0.1) is 5.56 Å². The Labute approximate surface area is 135 Å². The zero-order valence-corrected chi connectivity index (χ0v) is 14.4. The first kappa shape index (κ1) is 16.3. The van der Waals surface area contributed by atoms with Crippen LogP contribution in [0.5, 0.6) is 0 Å². The fourth-order valence-corrected chi connectivity index (χ4v) is 3.24. The van der Waals surface area contributed by atoms with Crippen molar-refractivity contribution < 1.29 is 4.79 Å². The summed E-state index contributed by atoms with van der Waals surface area (Å²) in [7, 11) is 4.07. The molecule has 5 heteroatoms. The van der Waals surface area contributed by atoms with Gasteiger partial charge >= 0.3 is 0 Å². The number of anilines is 1. The average molecular weight is 354 g/mol. The third-order valence-corrected chi connectivity index (χ3v) is 4.55. The van der Waals surface area contributed by atoms with Gasteiger partial charge in [-0.25, -0.2) is 0 Å². The normalized spacial score (nSPS) is 15.6. The van der Waals surface area contributed by atoms with E-state index in [1.807, 2.05) is 31.1 Å². The van der Waals surface area contributed by atoms with E-state index in [9.17, 15) is 4.79 Å². The summed E-state index contributed by atoms with van der Waals surface area (Å²) in [6.45, 7) is 1.63. The van der Waals surface area contributed by atoms with Crippen LogP contribution >= 0.6 is 15.9 Å². The number of hydrogen-bond donors (Lipinski definition) is 1. The van der Waals surface area contributed by atoms with Crippen LogP contribution in [0.25, 0.3) is 0 Å². The molecule has 0 aliphatic heterocycles. The minimum Gasteiger partial charge on any atom is -0.398 e. The molecule has 0 spiro atoms. The average Bonchev–Trinajstić information content (AvgIpc) is 2.92. The Bertz CT molecular complexity index is 498. The van der Waals surface area contributed by atoms with E-state index in [1.54, 1.807) is 6.07 Å². The van der Waals surface area contributed by atoms with Gasteiger partial charge in [-0.3, -0.25) is 4.79 Å². The summed E-state index contributed by atoms with van der Waals surface area (Å²) in [6, 6.07) is 5.86. The Morgan fingerprint density at radius 3 is 2.52 bits per heavy atom. The lowest BCUT2D eigenvalue weighted by molar-refractivity contribution is 0.0669. The lowest BCUT2D eigenvalue weighted by Crippen LogP contribution is -2.42. The van der Waals surface area contributed by atoms with Crippen molar-refractivity contribution >= 4 is 27.5 Å². The first-order chi connectivity index (χ1) is 9.99. The smallest absolute Gasteiger partial charge is 0.256 e. The summed E-state index contributed by atoms with van der Waals surface area (Å²) in [4.78, 5) is 17.0. The van der Waals surface area contributed by atoms with Gasteiger partial charge in [-0.05, 0) is 45.1 Å². The van der Waals surface area contributed by atoms with Crippen molar-refractivity contribution in [3.8, 4) is 0 Å². The second kappa shape index (κ2) is 7.27. The first-order valence-electron chi connectivity index (χ1n) is 7.50. The van der Waals surface area contributed by atoms with Crippen LogP contribution in [0.1, 0.15) is 36.0 Å². The number of nitrogens with two attached hydrogens (primary N) is 1. The van der Waals surface area contributed by atoms with Crippen LogP contribution in [0.3, 0.4) is 0 Å². The number of rotatable bonds is 5. The van der Waals surface area contributed by atoms with Crippen molar-refractivity contribution in [2.75, 3.05) is 32.9 Å². The van der Waals surface area contributed by atoms with Gasteiger partial charge < -0.3 is 15.5 Å². The third-order valence-electron chi connectivity index (χ3n) is 4.06. The molecule has 1 fully saturated rings. The van der Waals surface area contributed by atoms with Crippen LogP contribution in [-0.2, 0) is 0 Å². The minimum atomic E-state index is 0.0637. The topological polar surface area (TPSA) is 49.6 Å². The van der Waals surface area contributed by atoms with Crippen molar-refractivity contribution in [1.29, 1.82) is 0 Å². The number of nitrogens with zero attached hydrogens (tertiary/aromatic N) is 2. The van der Waals surface area contributed by atoms with E-state index in [-0.39, 0.29) is 5.91 Å². The molecule has 0 radical (unpaired) electrons. The summed E-state index contributed by atoms with van der Waals surface area (Å²) in [5.41, 5.74) is 7.19. The van der Waals surface area contributed by atoms with E-state index in [2.05, 4.69) is 20.8 Å². The zero-order valence-electron chi connectivity index (χ0n) is 12.8. The summed E-state index contributed by atoms with van der Waals surface area (Å²) in [6.07, 6.45) is 4.64. The third kappa shape index (κ3) is 4.20. The molecular formula is C16H24BrN3O. The highest BCUT2D eigenvalue weighted by Gasteiger charge is 2.28. The molecule has 2 rings (SSSR count). The SMILES string of the molecule is CN(C)CCN(C(=O)c1ccc(Br)cc1N)C1CCCC1. The summed E-state index contributed by atoms with van der Waals surface area (Å²) in [5, 5.41) is 0. The first-order valence-corrected chi connectivity index (χ1v) is 8.29. The van der Waals surface area contributed by atoms with Crippen LogP contribution < -0.4 is 5.73 Å². The van der Waals surface area contributed by atoms with Crippen molar-refractivity contribution in [3.63, 3.8) is 0 Å². The van der Waals surface area contributed by atoms with Gasteiger partial charge in [-0.1, -0.05) is 28.8 Å². The lowest BCUT2D eigenvalue weighted by atomic mass is 10.1. The van der Waals surface area contributed by atoms with E-state index in [0.29, 0.717) is 17.3 Å². The van der Waals surface area contributed by atoms with E-state index < -0.39 is 0 Å². The van der Waals surface area contributed by atoms with Crippen LogP contribution in [0.4, 0.5) is 5.69 Å². The maximum Gasteiger partial charge on any atom is 0.256 e. The maximum atomic E-state index is 12.9. The zero-order chi connectivity index (χ0) is 15.4.